The topological polar surface area (TPSA) is 89.0 Å². The first-order chi connectivity index (χ1) is 12.6. The SMILES string of the molecule is CN=C(NCCCOC1CCOC1)NCCCS(=O)(=O)c1ccccc1. The highest BCUT2D eigenvalue weighted by Gasteiger charge is 2.15. The fourth-order valence-corrected chi connectivity index (χ4v) is 3.94. The molecule has 0 aromatic heterocycles. The van der Waals surface area contributed by atoms with Crippen molar-refractivity contribution in [3.8, 4) is 0 Å². The zero-order valence-electron chi connectivity index (χ0n) is 15.3. The summed E-state index contributed by atoms with van der Waals surface area (Å²) in [6.45, 7) is 3.46. The number of guanidine groups is 1. The van der Waals surface area contributed by atoms with Gasteiger partial charge in [0.2, 0.25) is 0 Å². The summed E-state index contributed by atoms with van der Waals surface area (Å²) in [5.41, 5.74) is 0. The Labute approximate surface area is 156 Å². The Kier molecular flexibility index (Phi) is 8.87. The van der Waals surface area contributed by atoms with Crippen LogP contribution in [0.3, 0.4) is 0 Å². The van der Waals surface area contributed by atoms with E-state index in [2.05, 4.69) is 15.6 Å². The fraction of sp³-hybridized carbons (Fsp3) is 0.611. The minimum atomic E-state index is -3.22. The van der Waals surface area contributed by atoms with Crippen LogP contribution < -0.4 is 10.6 Å². The molecule has 0 spiro atoms. The first-order valence-corrected chi connectivity index (χ1v) is 10.7. The molecule has 1 aromatic carbocycles. The summed E-state index contributed by atoms with van der Waals surface area (Å²) < 4.78 is 35.4. The lowest BCUT2D eigenvalue weighted by Crippen LogP contribution is -2.39. The highest BCUT2D eigenvalue weighted by atomic mass is 32.2. The first kappa shape index (κ1) is 20.7. The van der Waals surface area contributed by atoms with Crippen molar-refractivity contribution in [2.45, 2.75) is 30.3 Å². The normalized spacial score (nSPS) is 18.0. The average Bonchev–Trinajstić information content (AvgIpc) is 3.17. The van der Waals surface area contributed by atoms with Crippen LogP contribution >= 0.6 is 0 Å². The minimum absolute atomic E-state index is 0.109. The van der Waals surface area contributed by atoms with E-state index in [4.69, 9.17) is 9.47 Å². The highest BCUT2D eigenvalue weighted by molar-refractivity contribution is 7.91. The zero-order valence-corrected chi connectivity index (χ0v) is 16.1. The molecule has 1 aliphatic heterocycles. The van der Waals surface area contributed by atoms with Gasteiger partial charge in [-0.15, -0.1) is 0 Å². The highest BCUT2D eigenvalue weighted by Crippen LogP contribution is 2.10. The summed E-state index contributed by atoms with van der Waals surface area (Å²) >= 11 is 0. The molecule has 2 rings (SSSR count). The molecule has 146 valence electrons. The molecule has 0 aliphatic carbocycles. The Morgan fingerprint density at radius 3 is 2.62 bits per heavy atom. The van der Waals surface area contributed by atoms with Crippen molar-refractivity contribution in [2.75, 3.05) is 45.7 Å². The summed E-state index contributed by atoms with van der Waals surface area (Å²) in [5.74, 6) is 0.782. The van der Waals surface area contributed by atoms with Gasteiger partial charge < -0.3 is 20.1 Å². The van der Waals surface area contributed by atoms with Crippen LogP contribution in [-0.4, -0.2) is 66.2 Å². The Hall–Kier alpha value is -1.64. The maximum absolute atomic E-state index is 12.2. The molecule has 1 fully saturated rings. The van der Waals surface area contributed by atoms with Gasteiger partial charge in [-0.1, -0.05) is 18.2 Å². The third-order valence-electron chi connectivity index (χ3n) is 4.06. The van der Waals surface area contributed by atoms with E-state index in [0.29, 0.717) is 37.0 Å². The van der Waals surface area contributed by atoms with E-state index in [-0.39, 0.29) is 11.9 Å². The average molecular weight is 384 g/mol. The predicted molar refractivity (Wildman–Crippen MR) is 102 cm³/mol. The van der Waals surface area contributed by atoms with Gasteiger partial charge in [-0.25, -0.2) is 8.42 Å². The predicted octanol–water partition coefficient (Wildman–Crippen LogP) is 1.21. The lowest BCUT2D eigenvalue weighted by molar-refractivity contribution is 0.0420. The number of hydrogen-bond donors (Lipinski definition) is 2. The second-order valence-electron chi connectivity index (χ2n) is 6.12. The van der Waals surface area contributed by atoms with Crippen LogP contribution in [0.2, 0.25) is 0 Å². The molecule has 26 heavy (non-hydrogen) atoms. The molecular formula is C18H29N3O4S. The number of hydrogen-bond acceptors (Lipinski definition) is 5. The lowest BCUT2D eigenvalue weighted by atomic mass is 10.3. The van der Waals surface area contributed by atoms with Crippen molar-refractivity contribution < 1.29 is 17.9 Å². The fourth-order valence-electron chi connectivity index (χ4n) is 2.61. The summed E-state index contributed by atoms with van der Waals surface area (Å²) in [5, 5.41) is 6.34. The minimum Gasteiger partial charge on any atom is -0.379 e. The molecule has 7 nitrogen and oxygen atoms in total. The van der Waals surface area contributed by atoms with Crippen molar-refractivity contribution in [3.05, 3.63) is 30.3 Å². The van der Waals surface area contributed by atoms with E-state index in [9.17, 15) is 8.42 Å². The van der Waals surface area contributed by atoms with Crippen molar-refractivity contribution >= 4 is 15.8 Å². The third-order valence-corrected chi connectivity index (χ3v) is 5.88. The van der Waals surface area contributed by atoms with Gasteiger partial charge in [-0.05, 0) is 31.4 Å². The van der Waals surface area contributed by atoms with Crippen molar-refractivity contribution in [2.24, 2.45) is 4.99 Å². The van der Waals surface area contributed by atoms with Gasteiger partial charge in [0.05, 0.1) is 23.4 Å². The van der Waals surface area contributed by atoms with Gasteiger partial charge >= 0.3 is 0 Å². The summed E-state index contributed by atoms with van der Waals surface area (Å²) in [6, 6.07) is 8.54. The molecular weight excluding hydrogens is 354 g/mol. The Balaban J connectivity index is 1.57. The molecule has 0 saturated carbocycles. The molecule has 0 bridgehead atoms. The summed E-state index contributed by atoms with van der Waals surface area (Å²) in [7, 11) is -1.53. The van der Waals surface area contributed by atoms with Crippen LogP contribution in [0.4, 0.5) is 0 Å². The summed E-state index contributed by atoms with van der Waals surface area (Å²) in [4.78, 5) is 4.51. The van der Waals surface area contributed by atoms with Crippen LogP contribution in [0.1, 0.15) is 19.3 Å². The van der Waals surface area contributed by atoms with E-state index in [1.165, 1.54) is 0 Å². The van der Waals surface area contributed by atoms with E-state index in [1.807, 2.05) is 6.07 Å². The molecule has 8 heteroatoms. The number of ether oxygens (including phenoxy) is 2. The number of rotatable bonds is 10. The van der Waals surface area contributed by atoms with Crippen LogP contribution in [0.25, 0.3) is 0 Å². The van der Waals surface area contributed by atoms with Gasteiger partial charge in [0.15, 0.2) is 15.8 Å². The van der Waals surface area contributed by atoms with E-state index < -0.39 is 9.84 Å². The standard InChI is InChI=1S/C18H29N3O4S/c1-19-18(20-10-5-12-25-16-9-13-24-15-16)21-11-6-14-26(22,23)17-7-3-2-4-8-17/h2-4,7-8,16H,5-6,9-15H2,1H3,(H2,19,20,21). The van der Waals surface area contributed by atoms with E-state index in [1.54, 1.807) is 31.3 Å². The molecule has 2 N–H and O–H groups in total. The molecule has 0 amide bonds. The molecule has 1 atom stereocenters. The van der Waals surface area contributed by atoms with Gasteiger partial charge in [0.25, 0.3) is 0 Å². The largest absolute Gasteiger partial charge is 0.379 e. The Morgan fingerprint density at radius 2 is 1.96 bits per heavy atom. The molecule has 1 heterocycles. The van der Waals surface area contributed by atoms with Crippen LogP contribution in [0.15, 0.2) is 40.2 Å². The first-order valence-electron chi connectivity index (χ1n) is 9.03. The van der Waals surface area contributed by atoms with Gasteiger partial charge in [-0.2, -0.15) is 0 Å². The molecule has 0 radical (unpaired) electrons. The van der Waals surface area contributed by atoms with Gasteiger partial charge in [0, 0.05) is 33.4 Å². The van der Waals surface area contributed by atoms with Crippen molar-refractivity contribution in [1.29, 1.82) is 0 Å². The van der Waals surface area contributed by atoms with Crippen molar-refractivity contribution in [1.82, 2.24) is 10.6 Å². The second-order valence-corrected chi connectivity index (χ2v) is 8.23. The van der Waals surface area contributed by atoms with Gasteiger partial charge in [0.1, 0.15) is 0 Å². The Morgan fingerprint density at radius 1 is 1.23 bits per heavy atom. The smallest absolute Gasteiger partial charge is 0.190 e. The molecule has 1 aliphatic rings. The monoisotopic (exact) mass is 383 g/mol. The third kappa shape index (κ3) is 7.31. The van der Waals surface area contributed by atoms with E-state index in [0.717, 1.165) is 26.0 Å². The van der Waals surface area contributed by atoms with Crippen LogP contribution in [0.5, 0.6) is 0 Å². The second kappa shape index (κ2) is 11.2. The van der Waals surface area contributed by atoms with E-state index >= 15 is 0 Å². The molecule has 1 unspecified atom stereocenters. The lowest BCUT2D eigenvalue weighted by Gasteiger charge is -2.13. The molecule has 1 aromatic rings. The summed E-state index contributed by atoms with van der Waals surface area (Å²) in [6.07, 6.45) is 2.60. The maximum atomic E-state index is 12.2. The quantitative estimate of drug-likeness (QED) is 0.359. The van der Waals surface area contributed by atoms with Crippen LogP contribution in [0, 0.1) is 0 Å². The maximum Gasteiger partial charge on any atom is 0.190 e. The number of aliphatic imine (C=N–C) groups is 1. The number of nitrogens with one attached hydrogen (secondary N) is 2. The molecule has 1 saturated heterocycles. The Bertz CT molecular complexity index is 644. The number of benzene rings is 1. The zero-order chi connectivity index (χ0) is 18.7. The van der Waals surface area contributed by atoms with Crippen molar-refractivity contribution in [3.63, 3.8) is 0 Å². The van der Waals surface area contributed by atoms with Gasteiger partial charge in [-0.3, -0.25) is 4.99 Å². The van der Waals surface area contributed by atoms with Crippen LogP contribution in [-0.2, 0) is 19.3 Å². The number of sulfone groups is 1. The number of nitrogens with zero attached hydrogens (tertiary/aromatic N) is 1.